The van der Waals surface area contributed by atoms with Crippen LogP contribution in [-0.4, -0.2) is 29.2 Å². The molecule has 3 nitrogen and oxygen atoms in total. The first-order valence-corrected chi connectivity index (χ1v) is 10.4. The Kier molecular flexibility index (Phi) is 6.19. The average molecular weight is 396 g/mol. The van der Waals surface area contributed by atoms with Crippen molar-refractivity contribution in [3.05, 3.63) is 114 Å². The van der Waals surface area contributed by atoms with Crippen LogP contribution in [0.25, 0.3) is 6.08 Å². The lowest BCUT2D eigenvalue weighted by atomic mass is 9.89. The van der Waals surface area contributed by atoms with E-state index in [0.717, 1.165) is 23.1 Å². The van der Waals surface area contributed by atoms with Crippen molar-refractivity contribution in [1.82, 2.24) is 4.90 Å². The van der Waals surface area contributed by atoms with E-state index in [1.165, 1.54) is 0 Å². The molecule has 1 amide bonds. The zero-order valence-corrected chi connectivity index (χ0v) is 16.9. The molecule has 150 valence electrons. The Morgan fingerprint density at radius 2 is 1.33 bits per heavy atom. The van der Waals surface area contributed by atoms with Gasteiger partial charge in [0.15, 0.2) is 5.78 Å². The van der Waals surface area contributed by atoms with Gasteiger partial charge in [-0.2, -0.15) is 0 Å². The number of rotatable bonds is 6. The van der Waals surface area contributed by atoms with E-state index < -0.39 is 12.0 Å². The van der Waals surface area contributed by atoms with E-state index >= 15 is 0 Å². The van der Waals surface area contributed by atoms with E-state index in [0.29, 0.717) is 13.0 Å². The van der Waals surface area contributed by atoms with Crippen LogP contribution in [0, 0.1) is 0 Å². The number of ketones is 1. The highest BCUT2D eigenvalue weighted by Crippen LogP contribution is 2.30. The molecule has 0 aliphatic carbocycles. The second-order valence-electron chi connectivity index (χ2n) is 7.59. The van der Waals surface area contributed by atoms with E-state index in [1.54, 1.807) is 11.0 Å². The summed E-state index contributed by atoms with van der Waals surface area (Å²) in [6.45, 7) is 0.616. The number of carbonyl (C=O) groups excluding carboxylic acids is 2. The molecule has 0 radical (unpaired) electrons. The van der Waals surface area contributed by atoms with Gasteiger partial charge in [-0.3, -0.25) is 9.59 Å². The summed E-state index contributed by atoms with van der Waals surface area (Å²) in [4.78, 5) is 28.4. The molecule has 0 bridgehead atoms. The number of carbonyl (C=O) groups is 2. The summed E-state index contributed by atoms with van der Waals surface area (Å²) in [5.74, 6) is -0.417. The van der Waals surface area contributed by atoms with Gasteiger partial charge in [0.25, 0.3) is 0 Å². The van der Waals surface area contributed by atoms with E-state index in [4.69, 9.17) is 0 Å². The maximum atomic E-state index is 13.7. The van der Waals surface area contributed by atoms with E-state index in [1.807, 2.05) is 97.1 Å². The van der Waals surface area contributed by atoms with Gasteiger partial charge in [-0.05, 0) is 35.6 Å². The van der Waals surface area contributed by atoms with Crippen LogP contribution >= 0.6 is 0 Å². The monoisotopic (exact) mass is 395 g/mol. The Morgan fingerprint density at radius 3 is 1.90 bits per heavy atom. The van der Waals surface area contributed by atoms with Crippen molar-refractivity contribution >= 4 is 17.8 Å². The first-order valence-electron chi connectivity index (χ1n) is 10.4. The summed E-state index contributed by atoms with van der Waals surface area (Å²) in [6, 6.07) is 29.0. The highest BCUT2D eigenvalue weighted by atomic mass is 16.2. The molecular formula is C27H25NO2. The van der Waals surface area contributed by atoms with Crippen LogP contribution < -0.4 is 0 Å². The lowest BCUT2D eigenvalue weighted by Crippen LogP contribution is -2.42. The molecule has 1 fully saturated rings. The van der Waals surface area contributed by atoms with Gasteiger partial charge in [-0.25, -0.2) is 0 Å². The van der Waals surface area contributed by atoms with Crippen molar-refractivity contribution in [1.29, 1.82) is 0 Å². The molecule has 1 aliphatic heterocycles. The van der Waals surface area contributed by atoms with Gasteiger partial charge in [0.2, 0.25) is 5.91 Å². The Balaban J connectivity index is 1.59. The molecule has 30 heavy (non-hydrogen) atoms. The van der Waals surface area contributed by atoms with Crippen LogP contribution in [0.5, 0.6) is 0 Å². The topological polar surface area (TPSA) is 37.4 Å². The zero-order valence-electron chi connectivity index (χ0n) is 16.9. The molecule has 3 aromatic carbocycles. The van der Waals surface area contributed by atoms with Crippen LogP contribution in [0.2, 0.25) is 0 Å². The lowest BCUT2D eigenvalue weighted by Gasteiger charge is -2.28. The van der Waals surface area contributed by atoms with Gasteiger partial charge in [-0.1, -0.05) is 97.1 Å². The molecule has 0 spiro atoms. The van der Waals surface area contributed by atoms with Gasteiger partial charge in [0, 0.05) is 6.54 Å². The zero-order chi connectivity index (χ0) is 20.8. The number of benzene rings is 3. The molecule has 0 N–H and O–H groups in total. The Morgan fingerprint density at radius 1 is 0.800 bits per heavy atom. The molecular weight excluding hydrogens is 370 g/mol. The third kappa shape index (κ3) is 4.41. The van der Waals surface area contributed by atoms with Crippen LogP contribution in [0.1, 0.15) is 35.4 Å². The number of amides is 1. The maximum Gasteiger partial charge on any atom is 0.235 e. The molecule has 3 heteroatoms. The van der Waals surface area contributed by atoms with Gasteiger partial charge in [-0.15, -0.1) is 0 Å². The number of nitrogens with zero attached hydrogens (tertiary/aromatic N) is 1. The van der Waals surface area contributed by atoms with Crippen molar-refractivity contribution in [3.8, 4) is 0 Å². The summed E-state index contributed by atoms with van der Waals surface area (Å²) in [5.41, 5.74) is 2.88. The van der Waals surface area contributed by atoms with Crippen molar-refractivity contribution < 1.29 is 9.59 Å². The first kappa shape index (κ1) is 19.8. The lowest BCUT2D eigenvalue weighted by molar-refractivity contribution is -0.136. The van der Waals surface area contributed by atoms with E-state index in [2.05, 4.69) is 0 Å². The minimum Gasteiger partial charge on any atom is -0.331 e. The first-order chi connectivity index (χ1) is 14.7. The molecule has 1 heterocycles. The second kappa shape index (κ2) is 9.36. The molecule has 3 aromatic rings. The van der Waals surface area contributed by atoms with Crippen LogP contribution in [0.3, 0.4) is 0 Å². The SMILES string of the molecule is O=C(/C=C/c1ccccc1)[C@H]1CCCN1C(=O)C(c1ccccc1)c1ccccc1. The summed E-state index contributed by atoms with van der Waals surface area (Å²) in [5, 5.41) is 0. The fourth-order valence-electron chi connectivity index (χ4n) is 4.11. The Hall–Kier alpha value is -3.46. The molecule has 0 unspecified atom stereocenters. The predicted octanol–water partition coefficient (Wildman–Crippen LogP) is 5.09. The fourth-order valence-corrected chi connectivity index (χ4v) is 4.11. The molecule has 0 aromatic heterocycles. The summed E-state index contributed by atoms with van der Waals surface area (Å²) in [6.07, 6.45) is 5.00. The Bertz CT molecular complexity index is 973. The van der Waals surface area contributed by atoms with Gasteiger partial charge >= 0.3 is 0 Å². The van der Waals surface area contributed by atoms with Crippen molar-refractivity contribution in [2.24, 2.45) is 0 Å². The smallest absolute Gasteiger partial charge is 0.235 e. The van der Waals surface area contributed by atoms with Crippen LogP contribution in [0.4, 0.5) is 0 Å². The third-order valence-corrected chi connectivity index (χ3v) is 5.62. The predicted molar refractivity (Wildman–Crippen MR) is 120 cm³/mol. The normalized spacial score (nSPS) is 16.3. The summed E-state index contributed by atoms with van der Waals surface area (Å²) in [7, 11) is 0. The quantitative estimate of drug-likeness (QED) is 0.545. The fraction of sp³-hybridized carbons (Fsp3) is 0.185. The third-order valence-electron chi connectivity index (χ3n) is 5.62. The molecule has 1 saturated heterocycles. The van der Waals surface area contributed by atoms with Crippen molar-refractivity contribution in [3.63, 3.8) is 0 Å². The summed E-state index contributed by atoms with van der Waals surface area (Å²) < 4.78 is 0. The second-order valence-corrected chi connectivity index (χ2v) is 7.59. The molecule has 1 atom stereocenters. The average Bonchev–Trinajstić information content (AvgIpc) is 3.30. The van der Waals surface area contributed by atoms with Crippen LogP contribution in [0.15, 0.2) is 97.1 Å². The van der Waals surface area contributed by atoms with Crippen LogP contribution in [-0.2, 0) is 9.59 Å². The standard InChI is InChI=1S/C27H25NO2/c29-25(19-18-21-11-4-1-5-12-21)24-17-10-20-28(24)27(30)26(22-13-6-2-7-14-22)23-15-8-3-9-16-23/h1-9,11-16,18-19,24,26H,10,17,20H2/b19-18+/t24-/m1/s1. The van der Waals surface area contributed by atoms with E-state index in [9.17, 15) is 9.59 Å². The number of hydrogen-bond acceptors (Lipinski definition) is 2. The minimum absolute atomic E-state index is 0.00337. The highest BCUT2D eigenvalue weighted by molar-refractivity contribution is 6.01. The molecule has 4 rings (SSSR count). The molecule has 1 aliphatic rings. The molecule has 0 saturated carbocycles. The number of likely N-dealkylation sites (tertiary alicyclic amines) is 1. The number of hydrogen-bond donors (Lipinski definition) is 0. The van der Waals surface area contributed by atoms with Crippen molar-refractivity contribution in [2.45, 2.75) is 24.8 Å². The Labute approximate surface area is 177 Å². The minimum atomic E-state index is -0.404. The maximum absolute atomic E-state index is 13.7. The van der Waals surface area contributed by atoms with Gasteiger partial charge in [0.05, 0.1) is 12.0 Å². The largest absolute Gasteiger partial charge is 0.331 e. The van der Waals surface area contributed by atoms with Crippen molar-refractivity contribution in [2.75, 3.05) is 6.54 Å². The summed E-state index contributed by atoms with van der Waals surface area (Å²) >= 11 is 0. The highest BCUT2D eigenvalue weighted by Gasteiger charge is 2.37. The van der Waals surface area contributed by atoms with Gasteiger partial charge in [0.1, 0.15) is 0 Å². The van der Waals surface area contributed by atoms with Gasteiger partial charge < -0.3 is 4.90 Å². The van der Waals surface area contributed by atoms with E-state index in [-0.39, 0.29) is 11.7 Å².